The van der Waals surface area contributed by atoms with Crippen molar-refractivity contribution in [1.82, 2.24) is 19.7 Å². The molecule has 0 radical (unpaired) electrons. The van der Waals surface area contributed by atoms with Gasteiger partial charge in [-0.15, -0.1) is 9.24 Å². The standard InChI is InChI=1S/C7H10N5PS/c1-3-9-5(8)4-6(10-3)12(2-13)11-7(4)14/h2,13H2,1H3,(H,11,14)(H2,8,9,10). The molecule has 0 aliphatic carbocycles. The van der Waals surface area contributed by atoms with Crippen LogP contribution in [0.25, 0.3) is 11.0 Å². The van der Waals surface area contributed by atoms with E-state index in [4.69, 9.17) is 18.0 Å². The Labute approximate surface area is 87.9 Å². The summed E-state index contributed by atoms with van der Waals surface area (Å²) in [4.78, 5) is 8.36. The second-order valence-electron chi connectivity index (χ2n) is 2.91. The van der Waals surface area contributed by atoms with Crippen LogP contribution in [-0.2, 0) is 6.29 Å². The maximum atomic E-state index is 5.77. The Hall–Kier alpha value is -1.00. The maximum absolute atomic E-state index is 5.77. The number of rotatable bonds is 1. The highest BCUT2D eigenvalue weighted by Gasteiger charge is 2.09. The van der Waals surface area contributed by atoms with Gasteiger partial charge < -0.3 is 5.73 Å². The van der Waals surface area contributed by atoms with E-state index in [1.54, 1.807) is 6.92 Å². The Morgan fingerprint density at radius 1 is 1.57 bits per heavy atom. The van der Waals surface area contributed by atoms with E-state index in [-0.39, 0.29) is 0 Å². The zero-order valence-electron chi connectivity index (χ0n) is 7.61. The lowest BCUT2D eigenvalue weighted by Crippen LogP contribution is -2.00. The van der Waals surface area contributed by atoms with E-state index in [1.165, 1.54) is 0 Å². The van der Waals surface area contributed by atoms with Crippen LogP contribution >= 0.6 is 21.5 Å². The molecule has 74 valence electrons. The molecular formula is C7H10N5PS. The number of aromatic amines is 1. The quantitative estimate of drug-likeness (QED) is 0.567. The highest BCUT2D eigenvalue weighted by molar-refractivity contribution is 7.71. The van der Waals surface area contributed by atoms with Crippen LogP contribution in [0.15, 0.2) is 0 Å². The normalized spacial score (nSPS) is 11.0. The average molecular weight is 227 g/mol. The Morgan fingerprint density at radius 2 is 2.29 bits per heavy atom. The molecule has 7 heteroatoms. The zero-order valence-corrected chi connectivity index (χ0v) is 9.58. The van der Waals surface area contributed by atoms with Gasteiger partial charge >= 0.3 is 0 Å². The Balaban J connectivity index is 2.96. The third-order valence-electron chi connectivity index (χ3n) is 1.93. The molecule has 2 aromatic heterocycles. The van der Waals surface area contributed by atoms with E-state index < -0.39 is 0 Å². The van der Waals surface area contributed by atoms with Crippen molar-refractivity contribution in [2.75, 3.05) is 5.73 Å². The molecule has 14 heavy (non-hydrogen) atoms. The third kappa shape index (κ3) is 1.31. The van der Waals surface area contributed by atoms with Gasteiger partial charge in [0.1, 0.15) is 16.3 Å². The van der Waals surface area contributed by atoms with Crippen LogP contribution in [0.2, 0.25) is 0 Å². The molecule has 0 aliphatic rings. The van der Waals surface area contributed by atoms with Crippen molar-refractivity contribution < 1.29 is 0 Å². The Kier molecular flexibility index (Phi) is 2.25. The fourth-order valence-electron chi connectivity index (χ4n) is 1.36. The van der Waals surface area contributed by atoms with Gasteiger partial charge in [-0.05, 0) is 6.92 Å². The monoisotopic (exact) mass is 227 g/mol. The molecule has 2 heterocycles. The van der Waals surface area contributed by atoms with Crippen molar-refractivity contribution in [3.05, 3.63) is 10.5 Å². The Bertz CT molecular complexity index is 543. The van der Waals surface area contributed by atoms with Gasteiger partial charge in [0.2, 0.25) is 0 Å². The molecule has 1 atom stereocenters. The van der Waals surface area contributed by atoms with Crippen molar-refractivity contribution in [3.8, 4) is 0 Å². The lowest BCUT2D eigenvalue weighted by atomic mass is 10.4. The molecule has 0 fully saturated rings. The minimum absolute atomic E-state index is 0.436. The van der Waals surface area contributed by atoms with Gasteiger partial charge in [0, 0.05) is 0 Å². The lowest BCUT2D eigenvalue weighted by molar-refractivity contribution is 0.762. The van der Waals surface area contributed by atoms with Gasteiger partial charge in [0.15, 0.2) is 5.65 Å². The largest absolute Gasteiger partial charge is 0.383 e. The van der Waals surface area contributed by atoms with E-state index in [0.29, 0.717) is 22.6 Å². The first-order valence-electron chi connectivity index (χ1n) is 4.06. The summed E-state index contributed by atoms with van der Waals surface area (Å²) in [6.45, 7) is 1.80. The number of nitrogens with zero attached hydrogens (tertiary/aromatic N) is 3. The molecule has 0 spiro atoms. The van der Waals surface area contributed by atoms with Gasteiger partial charge in [-0.3, -0.25) is 9.78 Å². The van der Waals surface area contributed by atoms with Crippen molar-refractivity contribution in [3.63, 3.8) is 0 Å². The number of hydrogen-bond acceptors (Lipinski definition) is 4. The minimum Gasteiger partial charge on any atom is -0.383 e. The van der Waals surface area contributed by atoms with Crippen LogP contribution in [0.3, 0.4) is 0 Å². The molecule has 5 nitrogen and oxygen atoms in total. The van der Waals surface area contributed by atoms with E-state index in [0.717, 1.165) is 11.0 Å². The second kappa shape index (κ2) is 3.29. The minimum atomic E-state index is 0.436. The number of nitrogens with two attached hydrogens (primary N) is 1. The highest BCUT2D eigenvalue weighted by atomic mass is 32.1. The second-order valence-corrected chi connectivity index (χ2v) is 3.68. The highest BCUT2D eigenvalue weighted by Crippen LogP contribution is 2.19. The molecule has 1 unspecified atom stereocenters. The summed E-state index contributed by atoms with van der Waals surface area (Å²) in [5.74, 6) is 1.09. The van der Waals surface area contributed by atoms with Gasteiger partial charge in [0.25, 0.3) is 0 Å². The summed E-state index contributed by atoms with van der Waals surface area (Å²) >= 11 is 5.13. The van der Waals surface area contributed by atoms with Gasteiger partial charge in [-0.1, -0.05) is 12.2 Å². The molecule has 3 N–H and O–H groups in total. The van der Waals surface area contributed by atoms with Crippen LogP contribution in [0.5, 0.6) is 0 Å². The number of anilines is 1. The van der Waals surface area contributed by atoms with Gasteiger partial charge in [-0.25, -0.2) is 9.97 Å². The van der Waals surface area contributed by atoms with E-state index in [2.05, 4.69) is 24.3 Å². The fourth-order valence-corrected chi connectivity index (χ4v) is 1.93. The summed E-state index contributed by atoms with van der Waals surface area (Å²) in [5.41, 5.74) is 6.53. The fraction of sp³-hybridized carbons (Fsp3) is 0.286. The predicted molar refractivity (Wildman–Crippen MR) is 61.6 cm³/mol. The third-order valence-corrected chi connectivity index (χ3v) is 2.59. The molecule has 0 aromatic carbocycles. The first-order chi connectivity index (χ1) is 6.63. The average Bonchev–Trinajstić information content (AvgIpc) is 2.42. The Morgan fingerprint density at radius 3 is 2.93 bits per heavy atom. The topological polar surface area (TPSA) is 72.5 Å². The maximum Gasteiger partial charge on any atom is 0.163 e. The summed E-state index contributed by atoms with van der Waals surface area (Å²) in [5, 5.41) is 3.73. The number of H-pyrrole nitrogens is 1. The van der Waals surface area contributed by atoms with Crippen molar-refractivity contribution in [1.29, 1.82) is 0 Å². The van der Waals surface area contributed by atoms with Crippen LogP contribution in [0.4, 0.5) is 5.82 Å². The molecule has 0 saturated carbocycles. The van der Waals surface area contributed by atoms with Crippen LogP contribution in [0.1, 0.15) is 5.82 Å². The van der Waals surface area contributed by atoms with Crippen molar-refractivity contribution in [2.45, 2.75) is 13.2 Å². The van der Waals surface area contributed by atoms with Gasteiger partial charge in [0.05, 0.1) is 11.7 Å². The zero-order chi connectivity index (χ0) is 10.3. The molecule has 2 aromatic rings. The molecule has 2 rings (SSSR count). The summed E-state index contributed by atoms with van der Waals surface area (Å²) in [6.07, 6.45) is 0.697. The number of nitrogens with one attached hydrogen (secondary N) is 1. The molecule has 0 aliphatic heterocycles. The van der Waals surface area contributed by atoms with Crippen LogP contribution in [0, 0.1) is 11.6 Å². The summed E-state index contributed by atoms with van der Waals surface area (Å²) < 4.78 is 2.41. The number of aryl methyl sites for hydroxylation is 1. The molecular weight excluding hydrogens is 217 g/mol. The first-order valence-corrected chi connectivity index (χ1v) is 5.28. The molecule has 0 amide bonds. The summed E-state index contributed by atoms with van der Waals surface area (Å²) in [6, 6.07) is 0. The van der Waals surface area contributed by atoms with Gasteiger partial charge in [-0.2, -0.15) is 0 Å². The number of nitrogen functional groups attached to an aromatic ring is 1. The van der Waals surface area contributed by atoms with E-state index in [9.17, 15) is 0 Å². The van der Waals surface area contributed by atoms with Crippen LogP contribution < -0.4 is 5.73 Å². The molecule has 0 bridgehead atoms. The smallest absolute Gasteiger partial charge is 0.163 e. The van der Waals surface area contributed by atoms with Crippen LogP contribution in [-0.4, -0.2) is 19.7 Å². The van der Waals surface area contributed by atoms with Crippen molar-refractivity contribution in [2.24, 2.45) is 0 Å². The predicted octanol–water partition coefficient (Wildman–Crippen LogP) is 1.21. The van der Waals surface area contributed by atoms with Crippen molar-refractivity contribution >= 4 is 38.3 Å². The molecule has 0 saturated heterocycles. The number of hydrogen-bond donors (Lipinski definition) is 2. The first kappa shape index (κ1) is 9.55. The number of aromatic nitrogens is 4. The van der Waals surface area contributed by atoms with E-state index >= 15 is 0 Å². The number of fused-ring (bicyclic) bond motifs is 1. The van der Waals surface area contributed by atoms with E-state index in [1.807, 2.05) is 4.68 Å². The SMILES string of the molecule is Cc1nc(N)c2c(=S)[nH]n(CP)c2n1. The lowest BCUT2D eigenvalue weighted by Gasteiger charge is -2.00. The summed E-state index contributed by atoms with van der Waals surface area (Å²) in [7, 11) is 2.60.